The second kappa shape index (κ2) is 8.77. The lowest BCUT2D eigenvalue weighted by Gasteiger charge is -2.31. The summed E-state index contributed by atoms with van der Waals surface area (Å²) in [6.07, 6.45) is 3.46. The highest BCUT2D eigenvalue weighted by Crippen LogP contribution is 2.43. The summed E-state index contributed by atoms with van der Waals surface area (Å²) in [7, 11) is 1.64. The van der Waals surface area contributed by atoms with Crippen molar-refractivity contribution < 1.29 is 14.6 Å². The van der Waals surface area contributed by atoms with E-state index in [1.165, 1.54) is 29.0 Å². The second-order valence-electron chi connectivity index (χ2n) is 8.77. The Morgan fingerprint density at radius 1 is 1.06 bits per heavy atom. The van der Waals surface area contributed by atoms with E-state index >= 15 is 0 Å². The lowest BCUT2D eigenvalue weighted by Crippen LogP contribution is -2.39. The predicted molar refractivity (Wildman–Crippen MR) is 137 cm³/mol. The van der Waals surface area contributed by atoms with Crippen LogP contribution in [0.3, 0.4) is 0 Å². The highest BCUT2D eigenvalue weighted by molar-refractivity contribution is 7.07. The molecule has 1 aliphatic carbocycles. The third-order valence-electron chi connectivity index (χ3n) is 6.75. The number of rotatable bonds is 4. The van der Waals surface area contributed by atoms with Crippen LogP contribution < -0.4 is 24.7 Å². The standard InChI is InChI=1S/C29H22N2O4S/c1-35-23-9-5-4-8-21(23)26-22-15-14-18-6-2-3-7-20(18)25(22)30-29-31(26)27(32)24(36-29)16-17-10-12-19(13-11-17)28(33)34/h2-13,16,26H,14-15H2,1H3,(H,33,34)/p-1/b24-16-/t26-/m1/s1. The van der Waals surface area contributed by atoms with Crippen LogP contribution >= 0.6 is 11.3 Å². The number of nitrogens with zero attached hydrogens (tertiary/aromatic N) is 2. The number of hydrogen-bond acceptors (Lipinski definition) is 6. The Morgan fingerprint density at radius 2 is 1.81 bits per heavy atom. The molecule has 0 saturated carbocycles. The fraction of sp³-hybridized carbons (Fsp3) is 0.138. The van der Waals surface area contributed by atoms with Crippen LogP contribution in [0.25, 0.3) is 11.8 Å². The van der Waals surface area contributed by atoms with Gasteiger partial charge >= 0.3 is 0 Å². The maximum absolute atomic E-state index is 13.8. The van der Waals surface area contributed by atoms with E-state index in [4.69, 9.17) is 9.73 Å². The number of aryl methyl sites for hydroxylation is 1. The lowest BCUT2D eigenvalue weighted by molar-refractivity contribution is -0.255. The van der Waals surface area contributed by atoms with Gasteiger partial charge in [0.15, 0.2) is 4.80 Å². The van der Waals surface area contributed by atoms with Crippen LogP contribution in [0, 0.1) is 0 Å². The molecule has 1 aliphatic heterocycles. The van der Waals surface area contributed by atoms with E-state index in [1.54, 1.807) is 29.9 Å². The number of methoxy groups -OCH3 is 1. The average molecular weight is 494 g/mol. The van der Waals surface area contributed by atoms with Gasteiger partial charge in [0, 0.05) is 11.1 Å². The molecular formula is C29H21N2O4S-. The van der Waals surface area contributed by atoms with Crippen molar-refractivity contribution in [2.24, 2.45) is 4.99 Å². The van der Waals surface area contributed by atoms with E-state index in [0.717, 1.165) is 46.6 Å². The first-order valence-corrected chi connectivity index (χ1v) is 12.4. The first-order valence-electron chi connectivity index (χ1n) is 11.6. The Balaban J connectivity index is 1.60. The van der Waals surface area contributed by atoms with E-state index in [-0.39, 0.29) is 17.2 Å². The Bertz CT molecular complexity index is 1730. The van der Waals surface area contributed by atoms with Gasteiger partial charge in [-0.3, -0.25) is 9.36 Å². The molecule has 0 saturated heterocycles. The number of carbonyl (C=O) groups excluding carboxylic acids is 1. The van der Waals surface area contributed by atoms with Crippen molar-refractivity contribution in [3.05, 3.63) is 126 Å². The number of para-hydroxylation sites is 1. The summed E-state index contributed by atoms with van der Waals surface area (Å²) in [6.45, 7) is 0. The van der Waals surface area contributed by atoms with Crippen molar-refractivity contribution in [3.63, 3.8) is 0 Å². The van der Waals surface area contributed by atoms with Crippen LogP contribution in [-0.2, 0) is 6.42 Å². The molecule has 0 N–H and O–H groups in total. The van der Waals surface area contributed by atoms with Gasteiger partial charge in [-0.1, -0.05) is 78.1 Å². The molecule has 0 bridgehead atoms. The van der Waals surface area contributed by atoms with Crippen LogP contribution in [0.2, 0.25) is 0 Å². The Labute approximate surface area is 210 Å². The molecule has 1 atom stereocenters. The van der Waals surface area contributed by atoms with E-state index < -0.39 is 5.97 Å². The Hall–Kier alpha value is -4.23. The van der Waals surface area contributed by atoms with Crippen LogP contribution in [0.1, 0.15) is 45.1 Å². The molecule has 6 nitrogen and oxygen atoms in total. The van der Waals surface area contributed by atoms with Crippen molar-refractivity contribution in [2.45, 2.75) is 18.9 Å². The van der Waals surface area contributed by atoms with Gasteiger partial charge in [0.25, 0.3) is 5.56 Å². The molecule has 4 aromatic rings. The van der Waals surface area contributed by atoms with Gasteiger partial charge in [-0.25, -0.2) is 4.99 Å². The van der Waals surface area contributed by atoms with Crippen LogP contribution in [-0.4, -0.2) is 17.6 Å². The normalized spacial score (nSPS) is 16.6. The van der Waals surface area contributed by atoms with Gasteiger partial charge in [-0.15, -0.1) is 0 Å². The van der Waals surface area contributed by atoms with Crippen molar-refractivity contribution >= 4 is 29.1 Å². The van der Waals surface area contributed by atoms with Crippen LogP contribution in [0.4, 0.5) is 0 Å². The second-order valence-corrected chi connectivity index (χ2v) is 9.77. The minimum absolute atomic E-state index is 0.0936. The fourth-order valence-corrected chi connectivity index (χ4v) is 6.06. The number of thiazole rings is 1. The summed E-state index contributed by atoms with van der Waals surface area (Å²) in [5, 5.41) is 11.1. The highest BCUT2D eigenvalue weighted by Gasteiger charge is 2.33. The molecule has 2 heterocycles. The Morgan fingerprint density at radius 3 is 2.58 bits per heavy atom. The Kier molecular flexibility index (Phi) is 5.42. The summed E-state index contributed by atoms with van der Waals surface area (Å²) in [5.74, 6) is -0.508. The molecule has 0 fully saturated rings. The molecule has 0 spiro atoms. The number of ether oxygens (including phenoxy) is 1. The number of fused-ring (bicyclic) bond motifs is 3. The molecule has 6 rings (SSSR count). The first kappa shape index (κ1) is 22.2. The molecule has 1 aromatic heterocycles. The summed E-state index contributed by atoms with van der Waals surface area (Å²) in [6, 6.07) is 22.1. The number of carboxylic acid groups (broad SMARTS) is 1. The van der Waals surface area contributed by atoms with Crippen molar-refractivity contribution in [2.75, 3.05) is 7.11 Å². The van der Waals surface area contributed by atoms with E-state index in [2.05, 4.69) is 12.1 Å². The summed E-state index contributed by atoms with van der Waals surface area (Å²) >= 11 is 1.33. The third kappa shape index (κ3) is 3.60. The number of benzene rings is 3. The molecule has 178 valence electrons. The van der Waals surface area contributed by atoms with Gasteiger partial charge in [0.05, 0.1) is 29.4 Å². The number of aromatic carboxylic acids is 1. The third-order valence-corrected chi connectivity index (χ3v) is 7.73. The largest absolute Gasteiger partial charge is 0.545 e. The molecule has 0 amide bonds. The first-order chi connectivity index (χ1) is 17.5. The summed E-state index contributed by atoms with van der Waals surface area (Å²) < 4.78 is 8.01. The number of hydrogen-bond donors (Lipinski definition) is 0. The topological polar surface area (TPSA) is 83.7 Å². The summed E-state index contributed by atoms with van der Waals surface area (Å²) in [4.78, 5) is 30.5. The van der Waals surface area contributed by atoms with E-state index in [0.29, 0.717) is 9.33 Å². The highest BCUT2D eigenvalue weighted by atomic mass is 32.1. The van der Waals surface area contributed by atoms with Crippen molar-refractivity contribution in [1.82, 2.24) is 4.57 Å². The monoisotopic (exact) mass is 493 g/mol. The van der Waals surface area contributed by atoms with Crippen molar-refractivity contribution in [1.29, 1.82) is 0 Å². The number of carboxylic acids is 1. The molecule has 2 aliphatic rings. The molecular weight excluding hydrogens is 472 g/mol. The smallest absolute Gasteiger partial charge is 0.271 e. The zero-order chi connectivity index (χ0) is 24.8. The maximum atomic E-state index is 13.8. The SMILES string of the molecule is COc1ccccc1[C@@H]1C2=C(N=c3s/c(=C\c4ccc(C(=O)[O-])cc4)c(=O)n31)c1ccccc1CC2. The molecule has 36 heavy (non-hydrogen) atoms. The van der Waals surface area contributed by atoms with Crippen LogP contribution in [0.15, 0.2) is 88.2 Å². The van der Waals surface area contributed by atoms with Gasteiger partial charge in [0.1, 0.15) is 5.75 Å². The summed E-state index contributed by atoms with van der Waals surface area (Å²) in [5.41, 5.74) is 6.01. The zero-order valence-corrected chi connectivity index (χ0v) is 20.2. The van der Waals surface area contributed by atoms with Gasteiger partial charge in [0.2, 0.25) is 0 Å². The van der Waals surface area contributed by atoms with Crippen molar-refractivity contribution in [3.8, 4) is 5.75 Å². The average Bonchev–Trinajstić information content (AvgIpc) is 3.22. The number of carbonyl (C=O) groups is 1. The number of allylic oxidation sites excluding steroid dienone is 1. The molecule has 7 heteroatoms. The number of aromatic nitrogens is 1. The van der Waals surface area contributed by atoms with Gasteiger partial charge < -0.3 is 14.6 Å². The zero-order valence-electron chi connectivity index (χ0n) is 19.4. The van der Waals surface area contributed by atoms with Gasteiger partial charge in [-0.05, 0) is 47.2 Å². The lowest BCUT2D eigenvalue weighted by atomic mass is 9.83. The quantitative estimate of drug-likeness (QED) is 0.438. The minimum Gasteiger partial charge on any atom is -0.545 e. The van der Waals surface area contributed by atoms with Gasteiger partial charge in [-0.2, -0.15) is 0 Å². The van der Waals surface area contributed by atoms with E-state index in [9.17, 15) is 14.7 Å². The van der Waals surface area contributed by atoms with Crippen LogP contribution in [0.5, 0.6) is 5.75 Å². The predicted octanol–water partition coefficient (Wildman–Crippen LogP) is 2.69. The fourth-order valence-electron chi connectivity index (χ4n) is 5.06. The minimum atomic E-state index is -1.23. The molecule has 3 aromatic carbocycles. The van der Waals surface area contributed by atoms with E-state index in [1.807, 2.05) is 36.4 Å². The molecule has 0 radical (unpaired) electrons. The molecule has 0 unspecified atom stereocenters. The maximum Gasteiger partial charge on any atom is 0.271 e.